The summed E-state index contributed by atoms with van der Waals surface area (Å²) in [6, 6.07) is 1.41. The lowest BCUT2D eigenvalue weighted by atomic mass is 10.0. The number of aromatic hydroxyl groups is 1. The first-order valence-corrected chi connectivity index (χ1v) is 5.82. The summed E-state index contributed by atoms with van der Waals surface area (Å²) in [5, 5.41) is 12.7. The number of rotatable bonds is 3. The van der Waals surface area contributed by atoms with Crippen molar-refractivity contribution in [2.24, 2.45) is 0 Å². The van der Waals surface area contributed by atoms with Crippen LogP contribution in [0, 0.1) is 11.6 Å². The fourth-order valence-corrected chi connectivity index (χ4v) is 2.19. The summed E-state index contributed by atoms with van der Waals surface area (Å²) < 4.78 is 39.3. The van der Waals surface area contributed by atoms with Crippen LogP contribution in [0.4, 0.5) is 13.2 Å². The van der Waals surface area contributed by atoms with Crippen molar-refractivity contribution in [3.63, 3.8) is 0 Å². The van der Waals surface area contributed by atoms with Crippen molar-refractivity contribution in [1.82, 2.24) is 10.2 Å². The van der Waals surface area contributed by atoms with Gasteiger partial charge in [0.25, 0.3) is 0 Å². The molecule has 1 fully saturated rings. The lowest BCUT2D eigenvalue weighted by molar-refractivity contribution is 0.144. The third-order valence-electron chi connectivity index (χ3n) is 3.20. The lowest BCUT2D eigenvalue weighted by Gasteiger charge is -2.33. The van der Waals surface area contributed by atoms with E-state index in [1.807, 2.05) is 4.90 Å². The van der Waals surface area contributed by atoms with Crippen molar-refractivity contribution in [3.8, 4) is 5.75 Å². The number of piperazine rings is 1. The van der Waals surface area contributed by atoms with Gasteiger partial charge in [0.15, 0.2) is 11.6 Å². The molecule has 1 atom stereocenters. The smallest absolute Gasteiger partial charge is 0.200 e. The number of hydrogen-bond donors (Lipinski definition) is 2. The molecule has 1 aromatic carbocycles. The maximum absolute atomic E-state index is 13.3. The second kappa shape index (κ2) is 5.58. The van der Waals surface area contributed by atoms with Gasteiger partial charge in [-0.3, -0.25) is 4.90 Å². The molecule has 1 aromatic rings. The molecule has 0 spiro atoms. The minimum Gasteiger partial charge on any atom is -0.505 e. The molecule has 1 heterocycles. The number of alkyl halides is 1. The molecule has 6 heteroatoms. The van der Waals surface area contributed by atoms with E-state index in [0.29, 0.717) is 26.2 Å². The summed E-state index contributed by atoms with van der Waals surface area (Å²) in [4.78, 5) is 1.81. The van der Waals surface area contributed by atoms with Crippen molar-refractivity contribution < 1.29 is 18.3 Å². The molecule has 1 aliphatic rings. The second-order valence-corrected chi connectivity index (χ2v) is 4.26. The summed E-state index contributed by atoms with van der Waals surface area (Å²) >= 11 is 0. The molecule has 100 valence electrons. The first kappa shape index (κ1) is 13.2. The number of phenolic OH excluding ortho intramolecular Hbond substituents is 1. The van der Waals surface area contributed by atoms with Crippen molar-refractivity contribution in [2.75, 3.05) is 32.9 Å². The zero-order chi connectivity index (χ0) is 13.1. The molecule has 0 bridgehead atoms. The van der Waals surface area contributed by atoms with Crippen LogP contribution in [0.5, 0.6) is 5.75 Å². The van der Waals surface area contributed by atoms with Gasteiger partial charge in [-0.1, -0.05) is 6.07 Å². The van der Waals surface area contributed by atoms with Gasteiger partial charge in [0.05, 0.1) is 6.04 Å². The Kier molecular flexibility index (Phi) is 4.08. The molecular weight excluding hydrogens is 245 g/mol. The van der Waals surface area contributed by atoms with Crippen LogP contribution in [0.25, 0.3) is 0 Å². The average molecular weight is 260 g/mol. The Morgan fingerprint density at radius 2 is 1.94 bits per heavy atom. The van der Waals surface area contributed by atoms with Crippen LogP contribution in [0.15, 0.2) is 12.1 Å². The van der Waals surface area contributed by atoms with Crippen LogP contribution in [-0.2, 0) is 0 Å². The second-order valence-electron chi connectivity index (χ2n) is 4.26. The quantitative estimate of drug-likeness (QED) is 0.866. The monoisotopic (exact) mass is 260 g/mol. The van der Waals surface area contributed by atoms with Gasteiger partial charge in [0.1, 0.15) is 6.67 Å². The fourth-order valence-electron chi connectivity index (χ4n) is 2.19. The summed E-state index contributed by atoms with van der Waals surface area (Å²) in [5.41, 5.74) is 0.0956. The fraction of sp³-hybridized carbons (Fsp3) is 0.500. The summed E-state index contributed by atoms with van der Waals surface area (Å²) in [6.45, 7) is 1.88. The van der Waals surface area contributed by atoms with Crippen LogP contribution in [0.2, 0.25) is 0 Å². The predicted octanol–water partition coefficient (Wildman–Crippen LogP) is 1.59. The third-order valence-corrected chi connectivity index (χ3v) is 3.20. The molecule has 0 saturated carbocycles. The predicted molar refractivity (Wildman–Crippen MR) is 61.2 cm³/mol. The molecule has 2 rings (SSSR count). The highest BCUT2D eigenvalue weighted by molar-refractivity contribution is 5.37. The molecule has 2 N–H and O–H groups in total. The van der Waals surface area contributed by atoms with Gasteiger partial charge in [-0.05, 0) is 6.07 Å². The summed E-state index contributed by atoms with van der Waals surface area (Å²) in [6.07, 6.45) is 0. The number of hydrogen-bond acceptors (Lipinski definition) is 3. The van der Waals surface area contributed by atoms with E-state index in [1.54, 1.807) is 0 Å². The zero-order valence-electron chi connectivity index (χ0n) is 9.80. The van der Waals surface area contributed by atoms with Crippen molar-refractivity contribution in [3.05, 3.63) is 29.3 Å². The van der Waals surface area contributed by atoms with Gasteiger partial charge >= 0.3 is 0 Å². The lowest BCUT2D eigenvalue weighted by Crippen LogP contribution is -2.45. The van der Waals surface area contributed by atoms with Gasteiger partial charge in [-0.25, -0.2) is 8.78 Å². The summed E-state index contributed by atoms with van der Waals surface area (Å²) in [7, 11) is 0. The maximum Gasteiger partial charge on any atom is 0.200 e. The number of benzene rings is 1. The maximum atomic E-state index is 13.3. The topological polar surface area (TPSA) is 35.5 Å². The first-order valence-electron chi connectivity index (χ1n) is 5.82. The van der Waals surface area contributed by atoms with Crippen molar-refractivity contribution >= 4 is 0 Å². The van der Waals surface area contributed by atoms with Crippen LogP contribution in [-0.4, -0.2) is 42.9 Å². The minimum atomic E-state index is -1.32. The zero-order valence-corrected chi connectivity index (χ0v) is 9.80. The molecule has 0 radical (unpaired) electrons. The summed E-state index contributed by atoms with van der Waals surface area (Å²) in [5.74, 6) is -3.24. The van der Waals surface area contributed by atoms with Gasteiger partial charge in [-0.2, -0.15) is 4.39 Å². The molecule has 18 heavy (non-hydrogen) atoms. The normalized spacial score (nSPS) is 18.8. The largest absolute Gasteiger partial charge is 0.505 e. The Hall–Kier alpha value is -1.27. The molecule has 0 aliphatic carbocycles. The van der Waals surface area contributed by atoms with E-state index in [4.69, 9.17) is 0 Å². The average Bonchev–Trinajstić information content (AvgIpc) is 2.41. The highest BCUT2D eigenvalue weighted by Crippen LogP contribution is 2.32. The number of phenols is 1. The SMILES string of the molecule is Oc1c([C@H](CF)N2CCNCC2)ccc(F)c1F. The van der Waals surface area contributed by atoms with Crippen LogP contribution < -0.4 is 5.32 Å². The number of halogens is 3. The Labute approximate surface area is 103 Å². The third kappa shape index (κ3) is 2.44. The van der Waals surface area contributed by atoms with Crippen LogP contribution in [0.1, 0.15) is 11.6 Å². The van der Waals surface area contributed by atoms with E-state index < -0.39 is 30.1 Å². The highest BCUT2D eigenvalue weighted by atomic mass is 19.2. The Morgan fingerprint density at radius 3 is 2.56 bits per heavy atom. The first-order chi connectivity index (χ1) is 8.65. The highest BCUT2D eigenvalue weighted by Gasteiger charge is 2.26. The molecule has 0 unspecified atom stereocenters. The Bertz CT molecular complexity index is 422. The molecule has 1 saturated heterocycles. The van der Waals surface area contributed by atoms with Crippen LogP contribution >= 0.6 is 0 Å². The number of nitrogens with zero attached hydrogens (tertiary/aromatic N) is 1. The molecule has 1 aliphatic heterocycles. The van der Waals surface area contributed by atoms with E-state index >= 15 is 0 Å². The standard InChI is InChI=1S/C12H15F3N2O/c13-7-10(17-5-3-16-4-6-17)8-1-2-9(14)11(15)12(8)18/h1-2,10,16,18H,3-7H2/t10-/m0/s1. The van der Waals surface area contributed by atoms with E-state index in [1.165, 1.54) is 6.07 Å². The van der Waals surface area contributed by atoms with Gasteiger partial charge in [-0.15, -0.1) is 0 Å². The minimum absolute atomic E-state index is 0.0956. The van der Waals surface area contributed by atoms with E-state index in [0.717, 1.165) is 6.07 Å². The molecule has 0 aromatic heterocycles. The van der Waals surface area contributed by atoms with Crippen LogP contribution in [0.3, 0.4) is 0 Å². The van der Waals surface area contributed by atoms with Crippen molar-refractivity contribution in [2.45, 2.75) is 6.04 Å². The Balaban J connectivity index is 2.29. The number of nitrogens with one attached hydrogen (secondary N) is 1. The van der Waals surface area contributed by atoms with E-state index in [2.05, 4.69) is 5.32 Å². The van der Waals surface area contributed by atoms with Crippen molar-refractivity contribution in [1.29, 1.82) is 0 Å². The van der Waals surface area contributed by atoms with Gasteiger partial charge in [0.2, 0.25) is 5.82 Å². The molecular formula is C12H15F3N2O. The Morgan fingerprint density at radius 1 is 1.28 bits per heavy atom. The van der Waals surface area contributed by atoms with E-state index in [9.17, 15) is 18.3 Å². The van der Waals surface area contributed by atoms with Gasteiger partial charge in [0, 0.05) is 31.7 Å². The van der Waals surface area contributed by atoms with E-state index in [-0.39, 0.29) is 5.56 Å². The molecule has 3 nitrogen and oxygen atoms in total. The molecule has 0 amide bonds. The van der Waals surface area contributed by atoms with Gasteiger partial charge < -0.3 is 10.4 Å².